The van der Waals surface area contributed by atoms with Crippen molar-refractivity contribution in [2.45, 2.75) is 25.5 Å². The van der Waals surface area contributed by atoms with Crippen molar-refractivity contribution in [1.82, 2.24) is 14.9 Å². The van der Waals surface area contributed by atoms with E-state index in [9.17, 15) is 9.59 Å². The van der Waals surface area contributed by atoms with Crippen molar-refractivity contribution in [3.63, 3.8) is 0 Å². The maximum atomic E-state index is 12.6. The van der Waals surface area contributed by atoms with Crippen LogP contribution in [0.15, 0.2) is 27.8 Å². The molecule has 1 amide bonds. The fourth-order valence-electron chi connectivity index (χ4n) is 2.47. The third-order valence-electron chi connectivity index (χ3n) is 3.51. The van der Waals surface area contributed by atoms with Gasteiger partial charge < -0.3 is 19.6 Å². The molecular formula is C14H17N3O3S. The van der Waals surface area contributed by atoms with Gasteiger partial charge >= 0.3 is 5.69 Å². The summed E-state index contributed by atoms with van der Waals surface area (Å²) in [5.74, 6) is -0.185. The Morgan fingerprint density at radius 1 is 1.52 bits per heavy atom. The Kier molecular flexibility index (Phi) is 4.21. The molecule has 1 aliphatic heterocycles. The van der Waals surface area contributed by atoms with Gasteiger partial charge in [-0.25, -0.2) is 4.79 Å². The Morgan fingerprint density at radius 3 is 3.05 bits per heavy atom. The first-order chi connectivity index (χ1) is 10.2. The summed E-state index contributed by atoms with van der Waals surface area (Å²) in [6, 6.07) is 2.00. The summed E-state index contributed by atoms with van der Waals surface area (Å²) in [4.78, 5) is 30.5. The Bertz CT molecular complexity index is 640. The lowest BCUT2D eigenvalue weighted by Crippen LogP contribution is -2.37. The zero-order valence-corrected chi connectivity index (χ0v) is 12.3. The van der Waals surface area contributed by atoms with E-state index in [1.807, 2.05) is 16.8 Å². The zero-order valence-electron chi connectivity index (χ0n) is 11.5. The predicted molar refractivity (Wildman–Crippen MR) is 79.4 cm³/mol. The van der Waals surface area contributed by atoms with Gasteiger partial charge in [-0.2, -0.15) is 11.3 Å². The lowest BCUT2D eigenvalue weighted by Gasteiger charge is -2.24. The van der Waals surface area contributed by atoms with Crippen LogP contribution in [-0.4, -0.2) is 40.0 Å². The van der Waals surface area contributed by atoms with E-state index in [-0.39, 0.29) is 23.4 Å². The number of rotatable bonds is 5. The summed E-state index contributed by atoms with van der Waals surface area (Å²) in [6.07, 6.45) is 3.50. The number of hydrogen-bond donors (Lipinski definition) is 2. The molecule has 2 N–H and O–H groups in total. The molecule has 0 aromatic carbocycles. The second-order valence-corrected chi connectivity index (χ2v) is 5.89. The third-order valence-corrected chi connectivity index (χ3v) is 4.25. The van der Waals surface area contributed by atoms with Gasteiger partial charge in [-0.1, -0.05) is 0 Å². The third kappa shape index (κ3) is 3.43. The number of hydrogen-bond acceptors (Lipinski definition) is 4. The average Bonchev–Trinajstić information content (AvgIpc) is 3.19. The highest BCUT2D eigenvalue weighted by molar-refractivity contribution is 7.07. The Hall–Kier alpha value is -1.86. The summed E-state index contributed by atoms with van der Waals surface area (Å²) in [6.45, 7) is 1.82. The first-order valence-electron chi connectivity index (χ1n) is 6.92. The monoisotopic (exact) mass is 307 g/mol. The Morgan fingerprint density at radius 2 is 2.43 bits per heavy atom. The molecule has 1 unspecified atom stereocenters. The number of thiophene rings is 1. The van der Waals surface area contributed by atoms with E-state index in [0.717, 1.165) is 25.0 Å². The van der Waals surface area contributed by atoms with Crippen molar-refractivity contribution in [2.75, 3.05) is 13.2 Å². The van der Waals surface area contributed by atoms with Crippen LogP contribution in [0.2, 0.25) is 0 Å². The molecule has 1 fully saturated rings. The van der Waals surface area contributed by atoms with Crippen LogP contribution in [0, 0.1) is 0 Å². The molecule has 1 atom stereocenters. The molecule has 3 rings (SSSR count). The number of nitrogens with one attached hydrogen (secondary N) is 2. The molecule has 0 radical (unpaired) electrons. The van der Waals surface area contributed by atoms with E-state index < -0.39 is 0 Å². The van der Waals surface area contributed by atoms with Gasteiger partial charge in [0, 0.05) is 25.9 Å². The molecule has 0 bridgehead atoms. The van der Waals surface area contributed by atoms with Gasteiger partial charge in [0.05, 0.1) is 6.10 Å². The Labute approximate surface area is 125 Å². The summed E-state index contributed by atoms with van der Waals surface area (Å²) in [5, 5.41) is 4.01. The van der Waals surface area contributed by atoms with Crippen molar-refractivity contribution in [3.05, 3.63) is 44.8 Å². The molecule has 1 saturated heterocycles. The average molecular weight is 307 g/mol. The topological polar surface area (TPSA) is 78.2 Å². The zero-order chi connectivity index (χ0) is 14.7. The van der Waals surface area contributed by atoms with E-state index in [0.29, 0.717) is 13.1 Å². The van der Waals surface area contributed by atoms with Gasteiger partial charge in [0.2, 0.25) is 0 Å². The fourth-order valence-corrected chi connectivity index (χ4v) is 3.13. The number of aromatic amines is 2. The number of carbonyl (C=O) groups excluding carboxylic acids is 1. The standard InChI is InChI=1S/C14H17N3O3S/c18-13(12-6-15-14(19)16-12)17(7-10-3-5-21-9-10)8-11-2-1-4-20-11/h3,5-6,9,11H,1-2,4,7-8H2,(H2,15,16,19). The maximum absolute atomic E-state index is 12.6. The smallest absolute Gasteiger partial charge is 0.323 e. The molecule has 7 heteroatoms. The lowest BCUT2D eigenvalue weighted by atomic mass is 10.2. The summed E-state index contributed by atoms with van der Waals surface area (Å²) in [7, 11) is 0. The Balaban J connectivity index is 1.76. The quantitative estimate of drug-likeness (QED) is 0.880. The fraction of sp³-hybridized carbons (Fsp3) is 0.429. The number of imidazole rings is 1. The number of carbonyl (C=O) groups is 1. The highest BCUT2D eigenvalue weighted by Crippen LogP contribution is 2.17. The van der Waals surface area contributed by atoms with Crippen LogP contribution in [0.25, 0.3) is 0 Å². The highest BCUT2D eigenvalue weighted by Gasteiger charge is 2.24. The molecule has 0 aliphatic carbocycles. The molecule has 0 spiro atoms. The number of amides is 1. The van der Waals surface area contributed by atoms with Crippen LogP contribution in [-0.2, 0) is 11.3 Å². The second kappa shape index (κ2) is 6.28. The molecule has 112 valence electrons. The van der Waals surface area contributed by atoms with Crippen molar-refractivity contribution in [2.24, 2.45) is 0 Å². The SMILES string of the molecule is O=C(c1c[nH]c(=O)[nH]1)N(Cc1ccsc1)CC1CCCO1. The van der Waals surface area contributed by atoms with Gasteiger partial charge in [0.15, 0.2) is 0 Å². The predicted octanol–water partition coefficient (Wildman–Crippen LogP) is 1.59. The van der Waals surface area contributed by atoms with Crippen molar-refractivity contribution in [1.29, 1.82) is 0 Å². The van der Waals surface area contributed by atoms with E-state index in [1.165, 1.54) is 6.20 Å². The molecule has 6 nitrogen and oxygen atoms in total. The van der Waals surface area contributed by atoms with Gasteiger partial charge in [-0.15, -0.1) is 0 Å². The van der Waals surface area contributed by atoms with Crippen LogP contribution >= 0.6 is 11.3 Å². The minimum atomic E-state index is -0.369. The normalized spacial score (nSPS) is 18.0. The molecular weight excluding hydrogens is 290 g/mol. The molecule has 3 heterocycles. The second-order valence-electron chi connectivity index (χ2n) is 5.11. The van der Waals surface area contributed by atoms with Crippen LogP contribution in [0.4, 0.5) is 0 Å². The first-order valence-corrected chi connectivity index (χ1v) is 7.86. The molecule has 2 aromatic heterocycles. The summed E-state index contributed by atoms with van der Waals surface area (Å²) < 4.78 is 5.62. The maximum Gasteiger partial charge on any atom is 0.323 e. The minimum Gasteiger partial charge on any atom is -0.376 e. The first kappa shape index (κ1) is 14.1. The summed E-state index contributed by atoms with van der Waals surface area (Å²) in [5.41, 5.74) is 1.00. The van der Waals surface area contributed by atoms with Gasteiger partial charge in [0.25, 0.3) is 5.91 Å². The summed E-state index contributed by atoms with van der Waals surface area (Å²) >= 11 is 1.60. The molecule has 21 heavy (non-hydrogen) atoms. The van der Waals surface area contributed by atoms with Crippen LogP contribution in [0.3, 0.4) is 0 Å². The number of ether oxygens (including phenoxy) is 1. The molecule has 2 aromatic rings. The number of aromatic nitrogens is 2. The minimum absolute atomic E-state index is 0.0817. The molecule has 0 saturated carbocycles. The van der Waals surface area contributed by atoms with Crippen molar-refractivity contribution in [3.8, 4) is 0 Å². The van der Waals surface area contributed by atoms with Crippen LogP contribution < -0.4 is 5.69 Å². The van der Waals surface area contributed by atoms with Gasteiger partial charge in [0.1, 0.15) is 5.69 Å². The van der Waals surface area contributed by atoms with Crippen LogP contribution in [0.1, 0.15) is 28.9 Å². The van der Waals surface area contributed by atoms with Crippen molar-refractivity contribution >= 4 is 17.2 Å². The number of nitrogens with zero attached hydrogens (tertiary/aromatic N) is 1. The van der Waals surface area contributed by atoms with Crippen LogP contribution in [0.5, 0.6) is 0 Å². The van der Waals surface area contributed by atoms with Crippen molar-refractivity contribution < 1.29 is 9.53 Å². The number of H-pyrrole nitrogens is 2. The molecule has 1 aliphatic rings. The lowest BCUT2D eigenvalue weighted by molar-refractivity contribution is 0.0503. The van der Waals surface area contributed by atoms with E-state index in [4.69, 9.17) is 4.74 Å². The highest BCUT2D eigenvalue weighted by atomic mass is 32.1. The van der Waals surface area contributed by atoms with E-state index >= 15 is 0 Å². The van der Waals surface area contributed by atoms with Gasteiger partial charge in [-0.3, -0.25) is 4.79 Å². The van der Waals surface area contributed by atoms with Gasteiger partial charge in [-0.05, 0) is 35.2 Å². The largest absolute Gasteiger partial charge is 0.376 e. The van der Waals surface area contributed by atoms with E-state index in [2.05, 4.69) is 9.97 Å². The van der Waals surface area contributed by atoms with E-state index in [1.54, 1.807) is 16.2 Å².